The van der Waals surface area contributed by atoms with Crippen LogP contribution in [0.2, 0.25) is 0 Å². The summed E-state index contributed by atoms with van der Waals surface area (Å²) in [6.07, 6.45) is 0.147. The van der Waals surface area contributed by atoms with Gasteiger partial charge in [0.2, 0.25) is 0 Å². The lowest BCUT2D eigenvalue weighted by atomic mass is 10.2. The molecule has 0 saturated carbocycles. The summed E-state index contributed by atoms with van der Waals surface area (Å²) in [5.41, 5.74) is 1.08. The molecule has 0 spiro atoms. The summed E-state index contributed by atoms with van der Waals surface area (Å²) in [5, 5.41) is 11.2. The van der Waals surface area contributed by atoms with Crippen LogP contribution in [0.1, 0.15) is 13.1 Å². The molecule has 1 unspecified atom stereocenters. The summed E-state index contributed by atoms with van der Waals surface area (Å²) in [5.74, 6) is 0.329. The zero-order chi connectivity index (χ0) is 12.5. The highest BCUT2D eigenvalue weighted by molar-refractivity contribution is 5.82. The largest absolute Gasteiger partial charge is 0.494 e. The first-order chi connectivity index (χ1) is 8.77. The SMILES string of the molecule is CC(N1CCOCC1)n1c(O)cc2ccccc21. The molecule has 0 bridgehead atoms. The molecular weight excluding hydrogens is 228 g/mol. The van der Waals surface area contributed by atoms with E-state index in [0.29, 0.717) is 5.88 Å². The van der Waals surface area contributed by atoms with E-state index in [-0.39, 0.29) is 6.17 Å². The Bertz CT molecular complexity index is 544. The minimum absolute atomic E-state index is 0.147. The Kier molecular flexibility index (Phi) is 2.97. The number of benzene rings is 1. The molecule has 1 aromatic carbocycles. The number of ether oxygens (including phenoxy) is 1. The van der Waals surface area contributed by atoms with Crippen LogP contribution in [-0.2, 0) is 4.74 Å². The highest BCUT2D eigenvalue weighted by Gasteiger charge is 2.21. The maximum Gasteiger partial charge on any atom is 0.193 e. The predicted octanol–water partition coefficient (Wildman–Crippen LogP) is 2.20. The number of hydrogen-bond acceptors (Lipinski definition) is 3. The molecule has 2 heterocycles. The van der Waals surface area contributed by atoms with Crippen LogP contribution in [0.3, 0.4) is 0 Å². The van der Waals surface area contributed by atoms with Gasteiger partial charge in [0, 0.05) is 24.5 Å². The second-order valence-electron chi connectivity index (χ2n) is 4.71. The van der Waals surface area contributed by atoms with E-state index in [9.17, 15) is 5.11 Å². The highest BCUT2D eigenvalue weighted by atomic mass is 16.5. The Labute approximate surface area is 106 Å². The van der Waals surface area contributed by atoms with E-state index < -0.39 is 0 Å². The minimum atomic E-state index is 0.147. The summed E-state index contributed by atoms with van der Waals surface area (Å²) in [4.78, 5) is 2.33. The van der Waals surface area contributed by atoms with Gasteiger partial charge in [0.05, 0.1) is 24.9 Å². The lowest BCUT2D eigenvalue weighted by molar-refractivity contribution is 0.00326. The molecular formula is C14H18N2O2. The third-order valence-corrected chi connectivity index (χ3v) is 3.68. The highest BCUT2D eigenvalue weighted by Crippen LogP contribution is 2.30. The number of rotatable bonds is 2. The van der Waals surface area contributed by atoms with Gasteiger partial charge in [-0.1, -0.05) is 18.2 Å². The molecule has 2 aromatic rings. The number of para-hydroxylation sites is 1. The molecule has 0 radical (unpaired) electrons. The normalized spacial score (nSPS) is 19.2. The van der Waals surface area contributed by atoms with Gasteiger partial charge in [0.25, 0.3) is 0 Å². The van der Waals surface area contributed by atoms with Crippen molar-refractivity contribution in [1.82, 2.24) is 9.47 Å². The van der Waals surface area contributed by atoms with E-state index in [1.165, 1.54) is 0 Å². The Balaban J connectivity index is 1.99. The molecule has 1 aromatic heterocycles. The molecule has 1 saturated heterocycles. The average molecular weight is 246 g/mol. The Morgan fingerprint density at radius 1 is 1.22 bits per heavy atom. The van der Waals surface area contributed by atoms with Gasteiger partial charge in [-0.15, -0.1) is 0 Å². The Hall–Kier alpha value is -1.52. The van der Waals surface area contributed by atoms with Crippen molar-refractivity contribution in [3.05, 3.63) is 30.3 Å². The minimum Gasteiger partial charge on any atom is -0.494 e. The van der Waals surface area contributed by atoms with E-state index in [1.807, 2.05) is 34.9 Å². The third kappa shape index (κ3) is 1.87. The molecule has 1 N–H and O–H groups in total. The second-order valence-corrected chi connectivity index (χ2v) is 4.71. The van der Waals surface area contributed by atoms with Crippen LogP contribution in [0.5, 0.6) is 5.88 Å². The van der Waals surface area contributed by atoms with E-state index in [0.717, 1.165) is 37.2 Å². The molecule has 1 aliphatic rings. The third-order valence-electron chi connectivity index (χ3n) is 3.68. The summed E-state index contributed by atoms with van der Waals surface area (Å²) in [6, 6.07) is 9.89. The van der Waals surface area contributed by atoms with Crippen LogP contribution in [0.4, 0.5) is 0 Å². The van der Waals surface area contributed by atoms with Gasteiger partial charge in [-0.25, -0.2) is 0 Å². The first-order valence-electron chi connectivity index (χ1n) is 6.38. The van der Waals surface area contributed by atoms with Gasteiger partial charge in [-0.3, -0.25) is 9.47 Å². The predicted molar refractivity (Wildman–Crippen MR) is 70.7 cm³/mol. The van der Waals surface area contributed by atoms with Gasteiger partial charge >= 0.3 is 0 Å². The van der Waals surface area contributed by atoms with Crippen LogP contribution in [0.25, 0.3) is 10.9 Å². The molecule has 0 aliphatic carbocycles. The average Bonchev–Trinajstić information content (AvgIpc) is 2.75. The topological polar surface area (TPSA) is 37.6 Å². The summed E-state index contributed by atoms with van der Waals surface area (Å²) >= 11 is 0. The first kappa shape index (κ1) is 11.6. The molecule has 18 heavy (non-hydrogen) atoms. The van der Waals surface area contributed by atoms with E-state index >= 15 is 0 Å². The summed E-state index contributed by atoms with van der Waals surface area (Å²) in [7, 11) is 0. The molecule has 3 rings (SSSR count). The molecule has 0 amide bonds. The fourth-order valence-corrected chi connectivity index (χ4v) is 2.67. The van der Waals surface area contributed by atoms with Gasteiger partial charge in [0.15, 0.2) is 5.88 Å². The summed E-state index contributed by atoms with van der Waals surface area (Å²) in [6.45, 7) is 5.48. The number of aromatic nitrogens is 1. The van der Waals surface area contributed by atoms with Gasteiger partial charge in [-0.2, -0.15) is 0 Å². The molecule has 4 nitrogen and oxygen atoms in total. The van der Waals surface area contributed by atoms with E-state index in [4.69, 9.17) is 4.74 Å². The van der Waals surface area contributed by atoms with Crippen LogP contribution < -0.4 is 0 Å². The maximum atomic E-state index is 10.1. The number of fused-ring (bicyclic) bond motifs is 1. The van der Waals surface area contributed by atoms with Crippen LogP contribution in [0.15, 0.2) is 30.3 Å². The number of aromatic hydroxyl groups is 1. The van der Waals surface area contributed by atoms with Crippen LogP contribution in [-0.4, -0.2) is 40.9 Å². The first-order valence-corrected chi connectivity index (χ1v) is 6.38. The Morgan fingerprint density at radius 2 is 1.94 bits per heavy atom. The lowest BCUT2D eigenvalue weighted by Gasteiger charge is -2.33. The van der Waals surface area contributed by atoms with Crippen molar-refractivity contribution in [1.29, 1.82) is 0 Å². The Morgan fingerprint density at radius 3 is 2.72 bits per heavy atom. The summed E-state index contributed by atoms with van der Waals surface area (Å²) < 4.78 is 7.36. The van der Waals surface area contributed by atoms with Crippen molar-refractivity contribution in [3.8, 4) is 5.88 Å². The molecule has 4 heteroatoms. The maximum absolute atomic E-state index is 10.1. The monoisotopic (exact) mass is 246 g/mol. The van der Waals surface area contributed by atoms with Crippen LogP contribution >= 0.6 is 0 Å². The lowest BCUT2D eigenvalue weighted by Crippen LogP contribution is -2.40. The molecule has 1 fully saturated rings. The van der Waals surface area contributed by atoms with E-state index in [2.05, 4.69) is 11.8 Å². The molecule has 1 aliphatic heterocycles. The standard InChI is InChI=1S/C14H18N2O2/c1-11(15-6-8-18-9-7-15)16-13-5-3-2-4-12(13)10-14(16)17/h2-5,10-11,17H,6-9H2,1H3. The smallest absolute Gasteiger partial charge is 0.193 e. The molecule has 1 atom stereocenters. The van der Waals surface area contributed by atoms with Gasteiger partial charge in [0.1, 0.15) is 0 Å². The van der Waals surface area contributed by atoms with Crippen molar-refractivity contribution in [2.24, 2.45) is 0 Å². The van der Waals surface area contributed by atoms with Gasteiger partial charge < -0.3 is 9.84 Å². The van der Waals surface area contributed by atoms with Crippen molar-refractivity contribution < 1.29 is 9.84 Å². The number of hydrogen-bond donors (Lipinski definition) is 1. The fourth-order valence-electron chi connectivity index (χ4n) is 2.67. The van der Waals surface area contributed by atoms with Crippen molar-refractivity contribution in [2.45, 2.75) is 13.1 Å². The number of nitrogens with zero attached hydrogens (tertiary/aromatic N) is 2. The van der Waals surface area contributed by atoms with Crippen molar-refractivity contribution in [2.75, 3.05) is 26.3 Å². The quantitative estimate of drug-likeness (QED) is 0.882. The van der Waals surface area contributed by atoms with Crippen molar-refractivity contribution >= 4 is 10.9 Å². The zero-order valence-corrected chi connectivity index (χ0v) is 10.5. The molecule has 96 valence electrons. The van der Waals surface area contributed by atoms with E-state index in [1.54, 1.807) is 0 Å². The number of morpholine rings is 1. The van der Waals surface area contributed by atoms with Crippen LogP contribution in [0, 0.1) is 0 Å². The fraction of sp³-hybridized carbons (Fsp3) is 0.429. The van der Waals surface area contributed by atoms with Gasteiger partial charge in [-0.05, 0) is 13.0 Å². The second kappa shape index (κ2) is 4.63. The zero-order valence-electron chi connectivity index (χ0n) is 10.5. The van der Waals surface area contributed by atoms with Crippen molar-refractivity contribution in [3.63, 3.8) is 0 Å².